The summed E-state index contributed by atoms with van der Waals surface area (Å²) in [6.45, 7) is 7.08. The average molecular weight is 501 g/mol. The molecule has 0 spiro atoms. The molecule has 2 aliphatic heterocycles. The van der Waals surface area contributed by atoms with E-state index in [0.717, 1.165) is 36.9 Å². The Balaban J connectivity index is 1.57. The van der Waals surface area contributed by atoms with Crippen LogP contribution >= 0.6 is 11.6 Å². The number of aliphatic imine (C=N–C) groups is 1. The van der Waals surface area contributed by atoms with Crippen LogP contribution in [0.15, 0.2) is 52.8 Å². The maximum atomic E-state index is 14.6. The summed E-state index contributed by atoms with van der Waals surface area (Å²) < 4.78 is 45.0. The molecule has 1 N–H and O–H groups in total. The van der Waals surface area contributed by atoms with Crippen LogP contribution in [0.2, 0.25) is 0 Å². The lowest BCUT2D eigenvalue weighted by atomic mass is 10.0. The topological polar surface area (TPSA) is 58.3 Å². The van der Waals surface area contributed by atoms with Gasteiger partial charge in [0.1, 0.15) is 29.3 Å². The van der Waals surface area contributed by atoms with Crippen LogP contribution in [0.25, 0.3) is 5.57 Å². The zero-order valence-electron chi connectivity index (χ0n) is 19.1. The second-order valence-corrected chi connectivity index (χ2v) is 9.36. The zero-order chi connectivity index (χ0) is 24.7. The number of benzene rings is 1. The van der Waals surface area contributed by atoms with Gasteiger partial charge >= 0.3 is 0 Å². The molecule has 182 valence electrons. The molecular formula is C25H24ClF3N6. The Morgan fingerprint density at radius 3 is 2.71 bits per heavy atom. The predicted molar refractivity (Wildman–Crippen MR) is 131 cm³/mol. The minimum absolute atomic E-state index is 0.000554. The summed E-state index contributed by atoms with van der Waals surface area (Å²) in [5.41, 5.74) is 2.43. The Hall–Kier alpha value is -3.17. The highest BCUT2D eigenvalue weighted by Crippen LogP contribution is 2.41. The van der Waals surface area contributed by atoms with Crippen molar-refractivity contribution in [3.8, 4) is 0 Å². The molecule has 2 aliphatic rings. The minimum Gasteiger partial charge on any atom is -0.346 e. The molecule has 0 amide bonds. The van der Waals surface area contributed by atoms with Crippen LogP contribution in [0.4, 0.5) is 24.7 Å². The number of allylic oxidation sites excluding steroid dienone is 1. The maximum absolute atomic E-state index is 14.6. The summed E-state index contributed by atoms with van der Waals surface area (Å²) in [4.78, 5) is 10.6. The van der Waals surface area contributed by atoms with Crippen LogP contribution in [0.5, 0.6) is 0 Å². The number of pyridine rings is 1. The molecule has 2 saturated heterocycles. The summed E-state index contributed by atoms with van der Waals surface area (Å²) in [6, 6.07) is 6.18. The monoisotopic (exact) mass is 500 g/mol. The van der Waals surface area contributed by atoms with Crippen molar-refractivity contribution in [1.82, 2.24) is 20.1 Å². The fraction of sp³-hybridized carbons (Fsp3) is 0.320. The third kappa shape index (κ3) is 4.46. The van der Waals surface area contributed by atoms with Crippen LogP contribution in [0.1, 0.15) is 42.2 Å². The van der Waals surface area contributed by atoms with Crippen molar-refractivity contribution in [1.29, 1.82) is 0 Å². The highest BCUT2D eigenvalue weighted by atomic mass is 35.5. The van der Waals surface area contributed by atoms with Gasteiger partial charge in [-0.15, -0.1) is 0 Å². The fourth-order valence-corrected chi connectivity index (χ4v) is 4.84. The number of nitrogens with one attached hydrogen (secondary N) is 1. The molecule has 10 heteroatoms. The molecule has 2 atom stereocenters. The van der Waals surface area contributed by atoms with Gasteiger partial charge in [-0.1, -0.05) is 11.6 Å². The first-order valence-electron chi connectivity index (χ1n) is 11.3. The van der Waals surface area contributed by atoms with Crippen molar-refractivity contribution in [2.45, 2.75) is 31.6 Å². The lowest BCUT2D eigenvalue weighted by molar-refractivity contribution is 0.318. The van der Waals surface area contributed by atoms with Crippen LogP contribution < -0.4 is 10.2 Å². The average Bonchev–Trinajstić information content (AvgIpc) is 3.41. The van der Waals surface area contributed by atoms with Gasteiger partial charge in [-0.25, -0.2) is 18.2 Å². The van der Waals surface area contributed by atoms with Gasteiger partial charge in [-0.3, -0.25) is 9.67 Å². The lowest BCUT2D eigenvalue weighted by Crippen LogP contribution is -2.43. The molecule has 5 rings (SSSR count). The van der Waals surface area contributed by atoms with Crippen molar-refractivity contribution in [2.24, 2.45) is 4.99 Å². The van der Waals surface area contributed by atoms with E-state index in [-0.39, 0.29) is 24.6 Å². The molecule has 1 aromatic carbocycles. The molecule has 0 bridgehead atoms. The van der Waals surface area contributed by atoms with Crippen LogP contribution in [-0.2, 0) is 0 Å². The van der Waals surface area contributed by atoms with E-state index in [1.54, 1.807) is 30.2 Å². The number of hydrogen-bond acceptors (Lipinski definition) is 5. The molecule has 6 nitrogen and oxygen atoms in total. The first-order valence-corrected chi connectivity index (χ1v) is 11.7. The Kier molecular flexibility index (Phi) is 6.37. The Morgan fingerprint density at radius 2 is 2.03 bits per heavy atom. The summed E-state index contributed by atoms with van der Waals surface area (Å²) in [5.74, 6) is -0.757. The Morgan fingerprint density at radius 1 is 1.23 bits per heavy atom. The third-order valence-corrected chi connectivity index (χ3v) is 6.69. The van der Waals surface area contributed by atoms with E-state index in [1.165, 1.54) is 0 Å². The largest absolute Gasteiger partial charge is 0.346 e. The fourth-order valence-electron chi connectivity index (χ4n) is 4.64. The smallest absolute Gasteiger partial charge is 0.130 e. The lowest BCUT2D eigenvalue weighted by Gasteiger charge is -2.27. The summed E-state index contributed by atoms with van der Waals surface area (Å²) in [7, 11) is 0. The van der Waals surface area contributed by atoms with Crippen LogP contribution in [0.3, 0.4) is 0 Å². The molecule has 2 aromatic heterocycles. The number of anilines is 1. The number of hydrogen-bond donors (Lipinski definition) is 1. The third-order valence-electron chi connectivity index (χ3n) is 6.50. The highest BCUT2D eigenvalue weighted by molar-refractivity contribution is 6.33. The highest BCUT2D eigenvalue weighted by Gasteiger charge is 2.36. The number of halogens is 4. The van der Waals surface area contributed by atoms with Crippen molar-refractivity contribution in [3.05, 3.63) is 76.2 Å². The Bertz CT molecular complexity index is 1300. The van der Waals surface area contributed by atoms with Crippen molar-refractivity contribution in [2.75, 3.05) is 24.5 Å². The number of rotatable bonds is 6. The summed E-state index contributed by atoms with van der Waals surface area (Å²) in [6.07, 6.45) is 2.44. The van der Waals surface area contributed by atoms with E-state index in [2.05, 4.69) is 22.1 Å². The number of alkyl halides is 1. The molecule has 3 aromatic rings. The normalized spacial score (nSPS) is 21.1. The number of nitrogens with zero attached hydrogens (tertiary/aromatic N) is 5. The van der Waals surface area contributed by atoms with E-state index in [0.29, 0.717) is 27.8 Å². The van der Waals surface area contributed by atoms with Gasteiger partial charge in [-0.2, -0.15) is 5.10 Å². The van der Waals surface area contributed by atoms with Gasteiger partial charge in [0.25, 0.3) is 0 Å². The second-order valence-electron chi connectivity index (χ2n) is 8.79. The molecule has 0 radical (unpaired) electrons. The molecule has 0 unspecified atom stereocenters. The summed E-state index contributed by atoms with van der Waals surface area (Å²) in [5, 5.41) is 8.17. The molecule has 2 fully saturated rings. The van der Waals surface area contributed by atoms with E-state index < -0.39 is 23.8 Å². The molecule has 4 heterocycles. The van der Waals surface area contributed by atoms with Crippen LogP contribution in [0, 0.1) is 11.6 Å². The molecule has 0 aliphatic carbocycles. The van der Waals surface area contributed by atoms with Gasteiger partial charge in [0, 0.05) is 47.4 Å². The van der Waals surface area contributed by atoms with E-state index in [9.17, 15) is 13.2 Å². The second kappa shape index (κ2) is 9.47. The van der Waals surface area contributed by atoms with E-state index >= 15 is 0 Å². The van der Waals surface area contributed by atoms with Gasteiger partial charge in [0.2, 0.25) is 0 Å². The van der Waals surface area contributed by atoms with E-state index in [1.807, 2.05) is 10.9 Å². The van der Waals surface area contributed by atoms with Crippen LogP contribution in [-0.4, -0.2) is 47.3 Å². The Labute approximate surface area is 206 Å². The summed E-state index contributed by atoms with van der Waals surface area (Å²) >= 11 is 6.54. The number of aromatic nitrogens is 3. The van der Waals surface area contributed by atoms with Gasteiger partial charge in [-0.05, 0) is 44.0 Å². The van der Waals surface area contributed by atoms with E-state index in [4.69, 9.17) is 16.6 Å². The predicted octanol–water partition coefficient (Wildman–Crippen LogP) is 5.34. The minimum atomic E-state index is -1.22. The first kappa shape index (κ1) is 23.6. The zero-order valence-corrected chi connectivity index (χ0v) is 19.8. The van der Waals surface area contributed by atoms with Crippen molar-refractivity contribution >= 4 is 35.4 Å². The SMILES string of the molecule is C=Nc1ccc(N2C[C@@H](F)C[C@@H]2c2cc(F)ccc2F)nc1/C(=C(\C)Cl)c1cnn(C2CNC2)c1. The van der Waals surface area contributed by atoms with Gasteiger partial charge in [0.05, 0.1) is 30.5 Å². The van der Waals surface area contributed by atoms with Crippen molar-refractivity contribution in [3.63, 3.8) is 0 Å². The first-order chi connectivity index (χ1) is 16.9. The maximum Gasteiger partial charge on any atom is 0.130 e. The van der Waals surface area contributed by atoms with Gasteiger partial charge in [0.15, 0.2) is 0 Å². The quantitative estimate of drug-likeness (QED) is 0.464. The molecule has 35 heavy (non-hydrogen) atoms. The molecular weight excluding hydrogens is 477 g/mol. The standard InChI is InChI=1S/C25H24ClF3N6/c1-14(26)24(15-9-32-35(12-15)18-10-31-11-18)25-21(30-2)5-6-23(33-25)34-13-17(28)8-22(34)19-7-16(27)3-4-20(19)29/h3-7,9,12,17-18,22,31H,2,8,10-11,13H2,1H3/b24-14+/t17-,22+/m0/s1. The van der Waals surface area contributed by atoms with Crippen molar-refractivity contribution < 1.29 is 13.2 Å². The molecule has 0 saturated carbocycles. The van der Waals surface area contributed by atoms with Gasteiger partial charge < -0.3 is 10.2 Å².